The van der Waals surface area contributed by atoms with Gasteiger partial charge in [-0.15, -0.1) is 0 Å². The van der Waals surface area contributed by atoms with Crippen LogP contribution in [-0.2, 0) is 9.59 Å². The standard InChI is InChI=1S/C12H16N2O2/c1-8-10(15)14-11(16)9(13-2)12(8)6-4-3-5-7-12/h8-9H,3-7H2,1H3,(H,14,15,16). The fraction of sp³-hybridized carbons (Fsp3) is 0.750. The van der Waals surface area contributed by atoms with E-state index in [4.69, 9.17) is 6.57 Å². The van der Waals surface area contributed by atoms with E-state index in [0.717, 1.165) is 32.1 Å². The Morgan fingerprint density at radius 3 is 2.44 bits per heavy atom. The maximum atomic E-state index is 11.7. The molecule has 2 aliphatic rings. The Morgan fingerprint density at radius 1 is 1.25 bits per heavy atom. The highest BCUT2D eigenvalue weighted by Crippen LogP contribution is 2.48. The zero-order chi connectivity index (χ0) is 11.8. The zero-order valence-electron chi connectivity index (χ0n) is 9.45. The number of nitrogens with one attached hydrogen (secondary N) is 1. The molecule has 0 radical (unpaired) electrons. The molecule has 0 bridgehead atoms. The smallest absolute Gasteiger partial charge is 0.302 e. The van der Waals surface area contributed by atoms with Crippen molar-refractivity contribution in [3.63, 3.8) is 0 Å². The van der Waals surface area contributed by atoms with Gasteiger partial charge in [0.05, 0.1) is 5.41 Å². The molecule has 2 fully saturated rings. The molecule has 1 aliphatic carbocycles. The molecular weight excluding hydrogens is 204 g/mol. The molecule has 16 heavy (non-hydrogen) atoms. The zero-order valence-corrected chi connectivity index (χ0v) is 9.45. The van der Waals surface area contributed by atoms with Gasteiger partial charge in [0, 0.05) is 5.92 Å². The van der Waals surface area contributed by atoms with E-state index in [-0.39, 0.29) is 23.1 Å². The molecule has 1 heterocycles. The highest BCUT2D eigenvalue weighted by Gasteiger charge is 2.58. The van der Waals surface area contributed by atoms with Crippen LogP contribution in [-0.4, -0.2) is 17.9 Å². The van der Waals surface area contributed by atoms with Gasteiger partial charge in [-0.25, -0.2) is 6.57 Å². The predicted octanol–water partition coefficient (Wildman–Crippen LogP) is 1.52. The van der Waals surface area contributed by atoms with Gasteiger partial charge >= 0.3 is 11.9 Å². The number of imide groups is 1. The minimum Gasteiger partial charge on any atom is -0.302 e. The highest BCUT2D eigenvalue weighted by molar-refractivity contribution is 6.03. The van der Waals surface area contributed by atoms with Crippen LogP contribution in [0.3, 0.4) is 0 Å². The Hall–Kier alpha value is -1.37. The highest BCUT2D eigenvalue weighted by atomic mass is 16.2. The lowest BCUT2D eigenvalue weighted by Crippen LogP contribution is -2.59. The summed E-state index contributed by atoms with van der Waals surface area (Å²) in [6.45, 7) is 9.05. The molecule has 1 saturated carbocycles. The topological polar surface area (TPSA) is 50.5 Å². The average Bonchev–Trinajstić information content (AvgIpc) is 2.28. The molecule has 0 aromatic heterocycles. The van der Waals surface area contributed by atoms with Gasteiger partial charge in [0.25, 0.3) is 0 Å². The van der Waals surface area contributed by atoms with E-state index < -0.39 is 6.04 Å². The van der Waals surface area contributed by atoms with E-state index in [1.54, 1.807) is 0 Å². The number of carbonyl (C=O) groups is 2. The molecule has 1 aliphatic heterocycles. The largest absolute Gasteiger partial charge is 0.310 e. The summed E-state index contributed by atoms with van der Waals surface area (Å²) in [6, 6.07) is -0.666. The number of amides is 2. The molecule has 86 valence electrons. The van der Waals surface area contributed by atoms with Crippen molar-refractivity contribution in [1.29, 1.82) is 0 Å². The second-order valence-electron chi connectivity index (χ2n) is 4.90. The van der Waals surface area contributed by atoms with Crippen molar-refractivity contribution in [2.45, 2.75) is 45.1 Å². The first-order valence-electron chi connectivity index (χ1n) is 5.83. The molecule has 0 aromatic rings. The molecule has 1 N–H and O–H groups in total. The first kappa shape index (κ1) is 11.1. The average molecular weight is 220 g/mol. The molecule has 2 rings (SSSR count). The van der Waals surface area contributed by atoms with Gasteiger partial charge in [-0.3, -0.25) is 14.9 Å². The third kappa shape index (κ3) is 1.42. The summed E-state index contributed by atoms with van der Waals surface area (Å²) in [5, 5.41) is 2.31. The van der Waals surface area contributed by atoms with Crippen molar-refractivity contribution in [3.05, 3.63) is 11.4 Å². The summed E-state index contributed by atoms with van der Waals surface area (Å²) in [6.07, 6.45) is 4.86. The van der Waals surface area contributed by atoms with Crippen LogP contribution in [0.1, 0.15) is 39.0 Å². The number of carbonyl (C=O) groups excluding carboxylic acids is 2. The van der Waals surface area contributed by atoms with Crippen molar-refractivity contribution < 1.29 is 9.59 Å². The number of hydrogen-bond donors (Lipinski definition) is 1. The summed E-state index contributed by atoms with van der Waals surface area (Å²) in [7, 11) is 0. The molecule has 0 aromatic carbocycles. The Bertz CT molecular complexity index is 364. The molecular formula is C12H16N2O2. The van der Waals surface area contributed by atoms with Crippen molar-refractivity contribution >= 4 is 11.8 Å². The molecule has 2 atom stereocenters. The lowest BCUT2D eigenvalue weighted by atomic mass is 9.60. The monoisotopic (exact) mass is 220 g/mol. The van der Waals surface area contributed by atoms with E-state index in [0.29, 0.717) is 0 Å². The van der Waals surface area contributed by atoms with Crippen LogP contribution in [0.5, 0.6) is 0 Å². The first-order valence-corrected chi connectivity index (χ1v) is 5.83. The van der Waals surface area contributed by atoms with Gasteiger partial charge in [-0.1, -0.05) is 26.2 Å². The number of rotatable bonds is 0. The maximum Gasteiger partial charge on any atom is 0.310 e. The Kier molecular flexibility index (Phi) is 2.71. The van der Waals surface area contributed by atoms with E-state index in [9.17, 15) is 9.59 Å². The van der Waals surface area contributed by atoms with Gasteiger partial charge in [0.15, 0.2) is 0 Å². The predicted molar refractivity (Wildman–Crippen MR) is 58.2 cm³/mol. The summed E-state index contributed by atoms with van der Waals surface area (Å²) in [5.74, 6) is -0.809. The second kappa shape index (κ2) is 3.89. The first-order chi connectivity index (χ1) is 7.62. The van der Waals surface area contributed by atoms with Crippen LogP contribution in [0.25, 0.3) is 4.85 Å². The van der Waals surface area contributed by atoms with E-state index in [1.807, 2.05) is 6.92 Å². The summed E-state index contributed by atoms with van der Waals surface area (Å²) < 4.78 is 0. The van der Waals surface area contributed by atoms with E-state index >= 15 is 0 Å². The SMILES string of the molecule is [C-]#[N+]C1C(=O)NC(=O)C(C)C12CCCCC2. The van der Waals surface area contributed by atoms with Crippen LogP contribution >= 0.6 is 0 Å². The molecule has 4 heteroatoms. The third-order valence-electron chi connectivity index (χ3n) is 4.21. The van der Waals surface area contributed by atoms with Crippen molar-refractivity contribution in [3.8, 4) is 0 Å². The van der Waals surface area contributed by atoms with Crippen LogP contribution in [0.15, 0.2) is 0 Å². The van der Waals surface area contributed by atoms with Gasteiger partial charge in [-0.2, -0.15) is 0 Å². The van der Waals surface area contributed by atoms with Crippen LogP contribution in [0.4, 0.5) is 0 Å². The van der Waals surface area contributed by atoms with Gasteiger partial charge in [0.2, 0.25) is 5.91 Å². The minimum atomic E-state index is -0.666. The molecule has 2 unspecified atom stereocenters. The van der Waals surface area contributed by atoms with Crippen LogP contribution in [0.2, 0.25) is 0 Å². The summed E-state index contributed by atoms with van der Waals surface area (Å²) in [5.41, 5.74) is -0.389. The minimum absolute atomic E-state index is 0.202. The third-order valence-corrected chi connectivity index (χ3v) is 4.21. The lowest BCUT2D eigenvalue weighted by molar-refractivity contribution is -0.145. The van der Waals surface area contributed by atoms with E-state index in [1.165, 1.54) is 0 Å². The van der Waals surface area contributed by atoms with Gasteiger partial charge < -0.3 is 4.85 Å². The maximum absolute atomic E-state index is 11.7. The van der Waals surface area contributed by atoms with Crippen LogP contribution < -0.4 is 5.32 Å². The molecule has 1 saturated heterocycles. The number of nitrogens with zero attached hydrogens (tertiary/aromatic N) is 1. The van der Waals surface area contributed by atoms with Crippen molar-refractivity contribution in [2.24, 2.45) is 11.3 Å². The van der Waals surface area contributed by atoms with Crippen molar-refractivity contribution in [2.75, 3.05) is 0 Å². The van der Waals surface area contributed by atoms with Crippen molar-refractivity contribution in [1.82, 2.24) is 5.32 Å². The Morgan fingerprint density at radius 2 is 1.88 bits per heavy atom. The Balaban J connectivity index is 2.39. The fourth-order valence-electron chi connectivity index (χ4n) is 3.16. The Labute approximate surface area is 95.2 Å². The fourth-order valence-corrected chi connectivity index (χ4v) is 3.16. The number of piperidine rings is 1. The van der Waals surface area contributed by atoms with Gasteiger partial charge in [-0.05, 0) is 12.8 Å². The van der Waals surface area contributed by atoms with E-state index in [2.05, 4.69) is 10.2 Å². The molecule has 1 spiro atoms. The summed E-state index contributed by atoms with van der Waals surface area (Å²) >= 11 is 0. The van der Waals surface area contributed by atoms with Crippen LogP contribution in [0, 0.1) is 17.9 Å². The molecule has 4 nitrogen and oxygen atoms in total. The van der Waals surface area contributed by atoms with Gasteiger partial charge in [0.1, 0.15) is 0 Å². The quantitative estimate of drug-likeness (QED) is 0.497. The lowest BCUT2D eigenvalue weighted by Gasteiger charge is -2.43. The molecule has 2 amide bonds. The normalized spacial score (nSPS) is 33.2. The summed E-state index contributed by atoms with van der Waals surface area (Å²) in [4.78, 5) is 26.9. The second-order valence-corrected chi connectivity index (χ2v) is 4.90. The number of hydrogen-bond acceptors (Lipinski definition) is 2.